The minimum absolute atomic E-state index is 0.0166. The first-order chi connectivity index (χ1) is 10.2. The first-order valence-corrected chi connectivity index (χ1v) is 7.55. The van der Waals surface area contributed by atoms with Crippen LogP contribution in [0.1, 0.15) is 18.4 Å². The summed E-state index contributed by atoms with van der Waals surface area (Å²) in [5.41, 5.74) is 2.44. The number of ether oxygens (including phenoxy) is 1. The zero-order valence-electron chi connectivity index (χ0n) is 11.9. The molecule has 1 heterocycles. The van der Waals surface area contributed by atoms with Crippen LogP contribution in [0.2, 0.25) is 0 Å². The molecule has 1 saturated heterocycles. The molecule has 0 amide bonds. The SMILES string of the molecule is C=C1CC2C(=O)OC(Cc3ccc4ccccc4c3)C2C1. The average Bonchev–Trinajstić information content (AvgIpc) is 2.99. The molecule has 0 bridgehead atoms. The molecule has 0 N–H and O–H groups in total. The molecule has 2 heteroatoms. The highest BCUT2D eigenvalue weighted by molar-refractivity contribution is 5.83. The Morgan fingerprint density at radius 2 is 1.90 bits per heavy atom. The summed E-state index contributed by atoms with van der Waals surface area (Å²) in [6, 6.07) is 14.8. The van der Waals surface area contributed by atoms with Gasteiger partial charge in [0.15, 0.2) is 0 Å². The van der Waals surface area contributed by atoms with Crippen molar-refractivity contribution in [2.24, 2.45) is 11.8 Å². The van der Waals surface area contributed by atoms with Crippen LogP contribution in [-0.4, -0.2) is 12.1 Å². The third kappa shape index (κ3) is 2.15. The van der Waals surface area contributed by atoms with Crippen molar-refractivity contribution in [3.05, 3.63) is 60.2 Å². The largest absolute Gasteiger partial charge is 0.461 e. The second-order valence-corrected chi connectivity index (χ2v) is 6.29. The van der Waals surface area contributed by atoms with Gasteiger partial charge in [-0.25, -0.2) is 0 Å². The van der Waals surface area contributed by atoms with E-state index in [0.717, 1.165) is 19.3 Å². The first kappa shape index (κ1) is 12.6. The first-order valence-electron chi connectivity index (χ1n) is 7.55. The lowest BCUT2D eigenvalue weighted by Gasteiger charge is -2.16. The minimum atomic E-state index is -0.0237. The third-order valence-electron chi connectivity index (χ3n) is 4.85. The summed E-state index contributed by atoms with van der Waals surface area (Å²) in [6.07, 6.45) is 2.58. The smallest absolute Gasteiger partial charge is 0.309 e. The Morgan fingerprint density at radius 1 is 1.10 bits per heavy atom. The molecule has 2 aromatic rings. The van der Waals surface area contributed by atoms with Crippen LogP contribution in [0.5, 0.6) is 0 Å². The summed E-state index contributed by atoms with van der Waals surface area (Å²) < 4.78 is 5.61. The molecule has 0 aromatic heterocycles. The molecular weight excluding hydrogens is 260 g/mol. The van der Waals surface area contributed by atoms with Crippen LogP contribution in [0, 0.1) is 11.8 Å². The fourth-order valence-electron chi connectivity index (χ4n) is 3.79. The molecule has 3 unspecified atom stereocenters. The zero-order chi connectivity index (χ0) is 14.4. The van der Waals surface area contributed by atoms with Gasteiger partial charge in [0.2, 0.25) is 0 Å². The van der Waals surface area contributed by atoms with Crippen LogP contribution >= 0.6 is 0 Å². The van der Waals surface area contributed by atoms with Gasteiger partial charge in [0.1, 0.15) is 6.10 Å². The van der Waals surface area contributed by atoms with E-state index in [2.05, 4.69) is 49.0 Å². The Kier molecular flexibility index (Phi) is 2.85. The predicted octanol–water partition coefficient (Wildman–Crippen LogP) is 3.89. The van der Waals surface area contributed by atoms with Crippen molar-refractivity contribution in [2.75, 3.05) is 0 Å². The van der Waals surface area contributed by atoms with E-state index in [4.69, 9.17) is 4.74 Å². The van der Waals surface area contributed by atoms with Gasteiger partial charge >= 0.3 is 5.97 Å². The van der Waals surface area contributed by atoms with E-state index in [9.17, 15) is 4.79 Å². The Labute approximate surface area is 124 Å². The second kappa shape index (κ2) is 4.73. The predicted molar refractivity (Wildman–Crippen MR) is 82.9 cm³/mol. The lowest BCUT2D eigenvalue weighted by Crippen LogP contribution is -2.19. The Morgan fingerprint density at radius 3 is 2.76 bits per heavy atom. The Bertz CT molecular complexity index is 731. The summed E-state index contributed by atoms with van der Waals surface area (Å²) >= 11 is 0. The van der Waals surface area contributed by atoms with Gasteiger partial charge in [-0.2, -0.15) is 0 Å². The zero-order valence-corrected chi connectivity index (χ0v) is 11.9. The molecule has 3 atom stereocenters. The lowest BCUT2D eigenvalue weighted by atomic mass is 9.90. The Hall–Kier alpha value is -2.09. The summed E-state index contributed by atoms with van der Waals surface area (Å²) in [4.78, 5) is 12.0. The van der Waals surface area contributed by atoms with Gasteiger partial charge in [-0.15, -0.1) is 0 Å². The van der Waals surface area contributed by atoms with E-state index in [1.807, 2.05) is 0 Å². The van der Waals surface area contributed by atoms with Crippen LogP contribution in [0.4, 0.5) is 0 Å². The van der Waals surface area contributed by atoms with Crippen LogP contribution < -0.4 is 0 Å². The molecule has 2 nitrogen and oxygen atoms in total. The number of allylic oxidation sites excluding steroid dienone is 1. The van der Waals surface area contributed by atoms with Gasteiger partial charge in [0, 0.05) is 12.3 Å². The van der Waals surface area contributed by atoms with Crippen LogP contribution in [0.15, 0.2) is 54.6 Å². The summed E-state index contributed by atoms with van der Waals surface area (Å²) in [7, 11) is 0. The van der Waals surface area contributed by atoms with Crippen molar-refractivity contribution >= 4 is 16.7 Å². The number of hydrogen-bond donors (Lipinski definition) is 0. The molecule has 1 aliphatic carbocycles. The van der Waals surface area contributed by atoms with Crippen molar-refractivity contribution < 1.29 is 9.53 Å². The summed E-state index contributed by atoms with van der Waals surface area (Å²) in [5.74, 6) is 0.365. The van der Waals surface area contributed by atoms with E-state index in [1.54, 1.807) is 0 Å². The number of rotatable bonds is 2. The number of benzene rings is 2. The summed E-state index contributed by atoms with van der Waals surface area (Å²) in [5, 5.41) is 2.49. The van der Waals surface area contributed by atoms with Crippen molar-refractivity contribution in [2.45, 2.75) is 25.4 Å². The molecule has 21 heavy (non-hydrogen) atoms. The molecule has 2 aromatic carbocycles. The molecule has 4 rings (SSSR count). The van der Waals surface area contributed by atoms with E-state index in [1.165, 1.54) is 21.9 Å². The van der Waals surface area contributed by atoms with Crippen LogP contribution in [-0.2, 0) is 16.0 Å². The topological polar surface area (TPSA) is 26.3 Å². The minimum Gasteiger partial charge on any atom is -0.461 e. The normalized spacial score (nSPS) is 27.9. The lowest BCUT2D eigenvalue weighted by molar-refractivity contribution is -0.144. The molecular formula is C19H18O2. The van der Waals surface area contributed by atoms with Crippen molar-refractivity contribution in [3.8, 4) is 0 Å². The molecule has 106 valence electrons. The van der Waals surface area contributed by atoms with Crippen LogP contribution in [0.25, 0.3) is 10.8 Å². The van der Waals surface area contributed by atoms with Crippen molar-refractivity contribution in [1.82, 2.24) is 0 Å². The molecule has 2 aliphatic rings. The number of carbonyl (C=O) groups excluding carboxylic acids is 1. The number of cyclic esters (lactones) is 1. The molecule has 0 spiro atoms. The molecule has 0 radical (unpaired) electrons. The monoisotopic (exact) mass is 278 g/mol. The highest BCUT2D eigenvalue weighted by atomic mass is 16.6. The maximum Gasteiger partial charge on any atom is 0.309 e. The average molecular weight is 278 g/mol. The fourth-order valence-corrected chi connectivity index (χ4v) is 3.79. The van der Waals surface area contributed by atoms with Gasteiger partial charge in [-0.1, -0.05) is 54.6 Å². The van der Waals surface area contributed by atoms with E-state index >= 15 is 0 Å². The van der Waals surface area contributed by atoms with Gasteiger partial charge in [-0.3, -0.25) is 4.79 Å². The number of carbonyl (C=O) groups is 1. The van der Waals surface area contributed by atoms with Gasteiger partial charge in [0.25, 0.3) is 0 Å². The highest BCUT2D eigenvalue weighted by Gasteiger charge is 2.48. The van der Waals surface area contributed by atoms with Gasteiger partial charge in [0.05, 0.1) is 5.92 Å². The molecule has 1 aliphatic heterocycles. The van der Waals surface area contributed by atoms with E-state index < -0.39 is 0 Å². The van der Waals surface area contributed by atoms with E-state index in [0.29, 0.717) is 5.92 Å². The quantitative estimate of drug-likeness (QED) is 0.615. The highest BCUT2D eigenvalue weighted by Crippen LogP contribution is 2.44. The molecule has 2 fully saturated rings. The number of hydrogen-bond acceptors (Lipinski definition) is 2. The van der Waals surface area contributed by atoms with Gasteiger partial charge in [-0.05, 0) is 29.2 Å². The second-order valence-electron chi connectivity index (χ2n) is 6.29. The van der Waals surface area contributed by atoms with Gasteiger partial charge < -0.3 is 4.74 Å². The maximum absolute atomic E-state index is 12.0. The summed E-state index contributed by atoms with van der Waals surface area (Å²) in [6.45, 7) is 4.05. The number of esters is 1. The van der Waals surface area contributed by atoms with Crippen LogP contribution in [0.3, 0.4) is 0 Å². The van der Waals surface area contributed by atoms with Crippen molar-refractivity contribution in [1.29, 1.82) is 0 Å². The number of fused-ring (bicyclic) bond motifs is 2. The van der Waals surface area contributed by atoms with E-state index in [-0.39, 0.29) is 18.0 Å². The molecule has 1 saturated carbocycles. The standard InChI is InChI=1S/C19H18O2/c1-12-8-16-17(9-12)19(20)21-18(16)11-13-6-7-14-4-2-3-5-15(14)10-13/h2-7,10,16-18H,1,8-9,11H2. The third-order valence-corrected chi connectivity index (χ3v) is 4.85. The van der Waals surface area contributed by atoms with Crippen molar-refractivity contribution in [3.63, 3.8) is 0 Å². The Balaban J connectivity index is 1.60. The fraction of sp³-hybridized carbons (Fsp3) is 0.316. The maximum atomic E-state index is 12.0.